The van der Waals surface area contributed by atoms with Gasteiger partial charge in [0, 0.05) is 25.6 Å². The van der Waals surface area contributed by atoms with Crippen LogP contribution in [-0.2, 0) is 19.6 Å². The molecule has 158 valence electrons. The van der Waals surface area contributed by atoms with Gasteiger partial charge in [0.05, 0.1) is 16.3 Å². The molecule has 30 heavy (non-hydrogen) atoms. The Bertz CT molecular complexity index is 1090. The maximum absolute atomic E-state index is 13.2. The quantitative estimate of drug-likeness (QED) is 0.636. The fraction of sp³-hybridized carbons (Fsp3) is 0.300. The average molecular weight is 432 g/mol. The van der Waals surface area contributed by atoms with Crippen LogP contribution in [0.4, 0.5) is 15.8 Å². The minimum absolute atomic E-state index is 0.0709. The van der Waals surface area contributed by atoms with Crippen molar-refractivity contribution >= 4 is 33.2 Å². The first-order valence-electron chi connectivity index (χ1n) is 9.54. The van der Waals surface area contributed by atoms with Gasteiger partial charge in [0.2, 0.25) is 21.8 Å². The highest BCUT2D eigenvalue weighted by Gasteiger charge is 2.41. The molecule has 2 aromatic carbocycles. The number of hydrogen-bond acceptors (Lipinski definition) is 5. The largest absolute Gasteiger partial charge is 0.356 e. The number of fused-ring (bicyclic) bond motifs is 3. The van der Waals surface area contributed by atoms with Gasteiger partial charge in [-0.25, -0.2) is 17.5 Å². The fourth-order valence-corrected chi connectivity index (χ4v) is 4.88. The number of para-hydroxylation sites is 2. The van der Waals surface area contributed by atoms with Gasteiger partial charge in [-0.15, -0.1) is 0 Å². The van der Waals surface area contributed by atoms with Gasteiger partial charge < -0.3 is 15.5 Å². The second-order valence-corrected chi connectivity index (χ2v) is 9.05. The predicted molar refractivity (Wildman–Crippen MR) is 109 cm³/mol. The lowest BCUT2D eigenvalue weighted by Gasteiger charge is -2.32. The summed E-state index contributed by atoms with van der Waals surface area (Å²) in [4.78, 5) is 26.4. The standard InChI is InChI=1S/C20H21FN4O4S/c21-13-4-3-5-15(10-13)30(28,29)22-9-8-19(26)23-14-11-18-20(27)24-16-6-1-2-7-17(16)25(18)12-14/h1-7,10,14,18,22H,8-9,11-12H2,(H,23,26)(H,24,27). The molecule has 4 rings (SSSR count). The first-order chi connectivity index (χ1) is 14.3. The number of carbonyl (C=O) groups excluding carboxylic acids is 2. The molecule has 1 saturated heterocycles. The summed E-state index contributed by atoms with van der Waals surface area (Å²) >= 11 is 0. The van der Waals surface area contributed by atoms with Crippen LogP contribution in [0.25, 0.3) is 0 Å². The number of sulfonamides is 1. The van der Waals surface area contributed by atoms with E-state index in [1.54, 1.807) is 0 Å². The van der Waals surface area contributed by atoms with Gasteiger partial charge in [-0.2, -0.15) is 0 Å². The zero-order valence-corrected chi connectivity index (χ0v) is 16.8. The Hall–Kier alpha value is -2.98. The van der Waals surface area contributed by atoms with Gasteiger partial charge in [0.25, 0.3) is 0 Å². The highest BCUT2D eigenvalue weighted by molar-refractivity contribution is 7.89. The monoisotopic (exact) mass is 432 g/mol. The van der Waals surface area contributed by atoms with Crippen molar-refractivity contribution in [2.45, 2.75) is 29.8 Å². The maximum atomic E-state index is 13.2. The van der Waals surface area contributed by atoms with Crippen LogP contribution in [0.2, 0.25) is 0 Å². The number of nitrogens with zero attached hydrogens (tertiary/aromatic N) is 1. The van der Waals surface area contributed by atoms with Crippen LogP contribution in [0.3, 0.4) is 0 Å². The highest BCUT2D eigenvalue weighted by Crippen LogP contribution is 2.36. The Kier molecular flexibility index (Phi) is 5.44. The molecule has 0 aromatic heterocycles. The Balaban J connectivity index is 1.31. The molecular formula is C20H21FN4O4S. The van der Waals surface area contributed by atoms with Crippen molar-refractivity contribution in [2.75, 3.05) is 23.3 Å². The molecule has 0 aliphatic carbocycles. The van der Waals surface area contributed by atoms with E-state index < -0.39 is 15.8 Å². The molecule has 0 bridgehead atoms. The van der Waals surface area contributed by atoms with E-state index in [9.17, 15) is 22.4 Å². The zero-order valence-electron chi connectivity index (χ0n) is 16.0. The molecule has 0 saturated carbocycles. The van der Waals surface area contributed by atoms with Gasteiger partial charge in [0.15, 0.2) is 0 Å². The van der Waals surface area contributed by atoms with Gasteiger partial charge in [-0.05, 0) is 36.8 Å². The molecule has 0 spiro atoms. The maximum Gasteiger partial charge on any atom is 0.247 e. The second kappa shape index (κ2) is 8.04. The van der Waals surface area contributed by atoms with Gasteiger partial charge in [0.1, 0.15) is 11.9 Å². The zero-order chi connectivity index (χ0) is 21.3. The summed E-state index contributed by atoms with van der Waals surface area (Å²) in [5.41, 5.74) is 1.67. The molecule has 2 amide bonds. The molecule has 2 heterocycles. The number of amides is 2. The Morgan fingerprint density at radius 3 is 2.80 bits per heavy atom. The molecule has 2 aliphatic rings. The highest BCUT2D eigenvalue weighted by atomic mass is 32.2. The summed E-state index contributed by atoms with van der Waals surface area (Å²) in [6.45, 7) is 0.379. The van der Waals surface area contributed by atoms with Gasteiger partial charge >= 0.3 is 0 Å². The topological polar surface area (TPSA) is 108 Å². The van der Waals surface area contributed by atoms with E-state index in [0.717, 1.165) is 23.5 Å². The van der Waals surface area contributed by atoms with E-state index >= 15 is 0 Å². The van der Waals surface area contributed by atoms with E-state index in [4.69, 9.17) is 0 Å². The normalized spacial score (nSPS) is 20.3. The number of halogens is 1. The van der Waals surface area contributed by atoms with E-state index in [2.05, 4.69) is 15.4 Å². The van der Waals surface area contributed by atoms with E-state index in [1.165, 1.54) is 12.1 Å². The molecule has 2 unspecified atom stereocenters. The van der Waals surface area contributed by atoms with Gasteiger partial charge in [-0.1, -0.05) is 18.2 Å². The minimum atomic E-state index is -3.89. The number of benzene rings is 2. The second-order valence-electron chi connectivity index (χ2n) is 7.28. The third-order valence-corrected chi connectivity index (χ3v) is 6.65. The van der Waals surface area contributed by atoms with E-state index in [0.29, 0.717) is 13.0 Å². The lowest BCUT2D eigenvalue weighted by atomic mass is 10.1. The lowest BCUT2D eigenvalue weighted by molar-refractivity contribution is -0.122. The van der Waals surface area contributed by atoms with E-state index in [-0.39, 0.29) is 41.8 Å². The third-order valence-electron chi connectivity index (χ3n) is 5.19. The Morgan fingerprint density at radius 1 is 1.20 bits per heavy atom. The summed E-state index contributed by atoms with van der Waals surface area (Å²) in [5, 5.41) is 5.75. The van der Waals surface area contributed by atoms with Gasteiger partial charge in [-0.3, -0.25) is 9.59 Å². The number of carbonyl (C=O) groups is 2. The van der Waals surface area contributed by atoms with Crippen molar-refractivity contribution in [3.8, 4) is 0 Å². The lowest BCUT2D eigenvalue weighted by Crippen LogP contribution is -2.44. The number of hydrogen-bond donors (Lipinski definition) is 3. The summed E-state index contributed by atoms with van der Waals surface area (Å²) in [7, 11) is -3.89. The Labute approximate surface area is 173 Å². The molecule has 2 aliphatic heterocycles. The summed E-state index contributed by atoms with van der Waals surface area (Å²) in [6, 6.07) is 11.6. The van der Waals surface area contributed by atoms with Crippen LogP contribution in [0, 0.1) is 5.82 Å². The molecule has 8 nitrogen and oxygen atoms in total. The van der Waals surface area contributed by atoms with Crippen LogP contribution in [0.15, 0.2) is 53.4 Å². The average Bonchev–Trinajstić information content (AvgIpc) is 3.12. The van der Waals surface area contributed by atoms with Crippen LogP contribution in [0.1, 0.15) is 12.8 Å². The van der Waals surface area contributed by atoms with Crippen LogP contribution in [0.5, 0.6) is 0 Å². The molecule has 3 N–H and O–H groups in total. The molecule has 2 aromatic rings. The van der Waals surface area contributed by atoms with Crippen molar-refractivity contribution in [3.63, 3.8) is 0 Å². The third kappa shape index (κ3) is 4.14. The van der Waals surface area contributed by atoms with Crippen LogP contribution >= 0.6 is 0 Å². The molecular weight excluding hydrogens is 411 g/mol. The molecule has 10 heteroatoms. The SMILES string of the molecule is O=C(CCNS(=O)(=O)c1cccc(F)c1)NC1CC2C(=O)Nc3ccccc3N2C1. The van der Waals surface area contributed by atoms with Crippen molar-refractivity contribution in [1.82, 2.24) is 10.0 Å². The summed E-state index contributed by atoms with van der Waals surface area (Å²) in [6.07, 6.45) is 0.402. The Morgan fingerprint density at radius 2 is 2.00 bits per heavy atom. The first kappa shape index (κ1) is 20.3. The predicted octanol–water partition coefficient (Wildman–Crippen LogP) is 1.21. The summed E-state index contributed by atoms with van der Waals surface area (Å²) < 4.78 is 39.9. The number of nitrogens with one attached hydrogen (secondary N) is 3. The van der Waals surface area contributed by atoms with Crippen molar-refractivity contribution in [3.05, 3.63) is 54.3 Å². The van der Waals surface area contributed by atoms with Crippen LogP contribution < -0.4 is 20.3 Å². The molecule has 0 radical (unpaired) electrons. The van der Waals surface area contributed by atoms with Crippen molar-refractivity contribution in [1.29, 1.82) is 0 Å². The minimum Gasteiger partial charge on any atom is -0.356 e. The van der Waals surface area contributed by atoms with Crippen LogP contribution in [-0.4, -0.2) is 45.4 Å². The van der Waals surface area contributed by atoms with Crippen molar-refractivity contribution in [2.24, 2.45) is 0 Å². The molecule has 2 atom stereocenters. The first-order valence-corrected chi connectivity index (χ1v) is 11.0. The molecule has 1 fully saturated rings. The smallest absolute Gasteiger partial charge is 0.247 e. The van der Waals surface area contributed by atoms with E-state index in [1.807, 2.05) is 29.2 Å². The summed E-state index contributed by atoms with van der Waals surface area (Å²) in [5.74, 6) is -1.08. The number of anilines is 2. The van der Waals surface area contributed by atoms with Crippen molar-refractivity contribution < 1.29 is 22.4 Å². The fourth-order valence-electron chi connectivity index (χ4n) is 3.82. The number of rotatable bonds is 6.